The van der Waals surface area contributed by atoms with Crippen LogP contribution < -0.4 is 14.8 Å². The highest BCUT2D eigenvalue weighted by Gasteiger charge is 2.17. The van der Waals surface area contributed by atoms with Gasteiger partial charge in [0.15, 0.2) is 5.78 Å². The summed E-state index contributed by atoms with van der Waals surface area (Å²) >= 11 is 0. The summed E-state index contributed by atoms with van der Waals surface area (Å²) in [6, 6.07) is 18.6. The minimum atomic E-state index is -3.90. The second-order valence-electron chi connectivity index (χ2n) is 6.45. The van der Waals surface area contributed by atoms with Crippen molar-refractivity contribution in [3.8, 4) is 5.75 Å². The molecule has 8 heteroatoms. The first-order chi connectivity index (χ1) is 14.3. The normalized spacial score (nSPS) is 10.9. The second kappa shape index (κ2) is 8.79. The molecule has 0 fully saturated rings. The first kappa shape index (κ1) is 21.1. The van der Waals surface area contributed by atoms with Gasteiger partial charge in [-0.15, -0.1) is 0 Å². The van der Waals surface area contributed by atoms with Crippen molar-refractivity contribution >= 4 is 33.1 Å². The van der Waals surface area contributed by atoms with Crippen molar-refractivity contribution in [1.82, 2.24) is 0 Å². The summed E-state index contributed by atoms with van der Waals surface area (Å²) in [6.45, 7) is 1.44. The van der Waals surface area contributed by atoms with Crippen LogP contribution in [-0.4, -0.2) is 27.2 Å². The Morgan fingerprint density at radius 3 is 2.17 bits per heavy atom. The Balaban J connectivity index is 1.79. The van der Waals surface area contributed by atoms with Gasteiger partial charge in [0.1, 0.15) is 5.75 Å². The predicted octanol–water partition coefficient (Wildman–Crippen LogP) is 3.95. The van der Waals surface area contributed by atoms with Gasteiger partial charge in [-0.3, -0.25) is 14.3 Å². The van der Waals surface area contributed by atoms with Crippen LogP contribution in [0.2, 0.25) is 0 Å². The van der Waals surface area contributed by atoms with Crippen LogP contribution in [0.25, 0.3) is 0 Å². The molecular weight excluding hydrogens is 404 g/mol. The molecular formula is C22H20N2O5S. The molecule has 0 aliphatic rings. The van der Waals surface area contributed by atoms with E-state index in [2.05, 4.69) is 10.0 Å². The number of benzene rings is 3. The highest BCUT2D eigenvalue weighted by molar-refractivity contribution is 7.92. The first-order valence-electron chi connectivity index (χ1n) is 8.98. The summed E-state index contributed by atoms with van der Waals surface area (Å²) in [5, 5.41) is 2.67. The van der Waals surface area contributed by atoms with Crippen LogP contribution in [-0.2, 0) is 10.0 Å². The molecule has 0 bridgehead atoms. The number of ketones is 1. The van der Waals surface area contributed by atoms with E-state index in [0.29, 0.717) is 22.7 Å². The molecule has 3 aromatic carbocycles. The lowest BCUT2D eigenvalue weighted by Crippen LogP contribution is -2.16. The van der Waals surface area contributed by atoms with Gasteiger partial charge in [0.05, 0.1) is 12.0 Å². The number of amides is 1. The van der Waals surface area contributed by atoms with Gasteiger partial charge in [-0.2, -0.15) is 0 Å². The molecule has 30 heavy (non-hydrogen) atoms. The Labute approximate surface area is 174 Å². The van der Waals surface area contributed by atoms with Crippen molar-refractivity contribution < 1.29 is 22.7 Å². The van der Waals surface area contributed by atoms with Crippen molar-refractivity contribution in [3.05, 3.63) is 83.9 Å². The van der Waals surface area contributed by atoms with E-state index in [1.807, 2.05) is 0 Å². The first-order valence-corrected chi connectivity index (χ1v) is 10.5. The van der Waals surface area contributed by atoms with Crippen molar-refractivity contribution in [1.29, 1.82) is 0 Å². The molecule has 0 spiro atoms. The molecule has 0 radical (unpaired) electrons. The highest BCUT2D eigenvalue weighted by atomic mass is 32.2. The van der Waals surface area contributed by atoms with E-state index in [4.69, 9.17) is 4.74 Å². The van der Waals surface area contributed by atoms with Crippen molar-refractivity contribution in [2.75, 3.05) is 17.1 Å². The van der Waals surface area contributed by atoms with Crippen molar-refractivity contribution in [2.24, 2.45) is 0 Å². The Bertz CT molecular complexity index is 1190. The summed E-state index contributed by atoms with van der Waals surface area (Å²) in [6.07, 6.45) is 0. The minimum absolute atomic E-state index is 0.0524. The van der Waals surface area contributed by atoms with Crippen LogP contribution in [0.3, 0.4) is 0 Å². The molecule has 0 saturated heterocycles. The third kappa shape index (κ3) is 5.03. The number of Topliss-reactive ketones (excluding diaryl/α,β-unsaturated/α-hetero) is 1. The fraction of sp³-hybridized carbons (Fsp3) is 0.0909. The van der Waals surface area contributed by atoms with Gasteiger partial charge < -0.3 is 10.1 Å². The number of hydrogen-bond donors (Lipinski definition) is 2. The Kier molecular flexibility index (Phi) is 6.17. The zero-order valence-electron chi connectivity index (χ0n) is 16.4. The maximum Gasteiger partial charge on any atom is 0.261 e. The molecule has 154 valence electrons. The van der Waals surface area contributed by atoms with Crippen LogP contribution in [0.15, 0.2) is 77.7 Å². The van der Waals surface area contributed by atoms with Gasteiger partial charge in [-0.25, -0.2) is 8.42 Å². The van der Waals surface area contributed by atoms with Gasteiger partial charge in [-0.1, -0.05) is 18.2 Å². The average molecular weight is 424 g/mol. The fourth-order valence-corrected chi connectivity index (χ4v) is 3.80. The third-order valence-electron chi connectivity index (χ3n) is 4.28. The smallest absolute Gasteiger partial charge is 0.261 e. The molecule has 7 nitrogen and oxygen atoms in total. The molecule has 0 unspecified atom stereocenters. The highest BCUT2D eigenvalue weighted by Crippen LogP contribution is 2.20. The number of nitrogens with one attached hydrogen (secondary N) is 2. The Morgan fingerprint density at radius 2 is 1.50 bits per heavy atom. The third-order valence-corrected chi connectivity index (χ3v) is 5.65. The van der Waals surface area contributed by atoms with Crippen LogP contribution >= 0.6 is 0 Å². The predicted molar refractivity (Wildman–Crippen MR) is 115 cm³/mol. The maximum atomic E-state index is 12.7. The summed E-state index contributed by atoms with van der Waals surface area (Å²) < 4.78 is 32.9. The molecule has 0 heterocycles. The van der Waals surface area contributed by atoms with E-state index in [1.165, 1.54) is 38.3 Å². The van der Waals surface area contributed by atoms with Crippen LogP contribution in [0.4, 0.5) is 11.4 Å². The van der Waals surface area contributed by atoms with E-state index < -0.39 is 15.9 Å². The van der Waals surface area contributed by atoms with Gasteiger partial charge in [0, 0.05) is 22.5 Å². The number of carbonyl (C=O) groups excluding carboxylic acids is 2. The van der Waals surface area contributed by atoms with Crippen LogP contribution in [0, 0.1) is 0 Å². The quantitative estimate of drug-likeness (QED) is 0.559. The summed E-state index contributed by atoms with van der Waals surface area (Å²) in [5.74, 6) is -0.00791. The monoisotopic (exact) mass is 424 g/mol. The maximum absolute atomic E-state index is 12.7. The number of ether oxygens (including phenoxy) is 1. The van der Waals surface area contributed by atoms with Gasteiger partial charge in [-0.05, 0) is 61.5 Å². The SMILES string of the molecule is COc1ccc(NS(=O)(=O)c2cccc(C(=O)Nc3cccc(C(C)=O)c3)c2)cc1. The molecule has 0 aromatic heterocycles. The largest absolute Gasteiger partial charge is 0.497 e. The van der Waals surface area contributed by atoms with E-state index in [9.17, 15) is 18.0 Å². The Hall–Kier alpha value is -3.65. The lowest BCUT2D eigenvalue weighted by molar-refractivity contribution is 0.101. The summed E-state index contributed by atoms with van der Waals surface area (Å²) in [4.78, 5) is 24.0. The number of carbonyl (C=O) groups is 2. The number of rotatable bonds is 7. The van der Waals surface area contributed by atoms with E-state index >= 15 is 0 Å². The topological polar surface area (TPSA) is 102 Å². The summed E-state index contributed by atoms with van der Waals surface area (Å²) in [5.41, 5.74) is 1.44. The number of anilines is 2. The molecule has 0 atom stereocenters. The number of hydrogen-bond acceptors (Lipinski definition) is 5. The van der Waals surface area contributed by atoms with E-state index in [0.717, 1.165) is 0 Å². The molecule has 3 rings (SSSR count). The molecule has 0 aliphatic carbocycles. The van der Waals surface area contributed by atoms with Gasteiger partial charge >= 0.3 is 0 Å². The Morgan fingerprint density at radius 1 is 0.833 bits per heavy atom. The van der Waals surface area contributed by atoms with E-state index in [-0.39, 0.29) is 16.2 Å². The lowest BCUT2D eigenvalue weighted by Gasteiger charge is -2.11. The van der Waals surface area contributed by atoms with Crippen molar-refractivity contribution in [2.45, 2.75) is 11.8 Å². The average Bonchev–Trinajstić information content (AvgIpc) is 2.74. The molecule has 3 aromatic rings. The fourth-order valence-electron chi connectivity index (χ4n) is 2.70. The van der Waals surface area contributed by atoms with E-state index in [1.54, 1.807) is 48.5 Å². The zero-order chi connectivity index (χ0) is 21.7. The summed E-state index contributed by atoms with van der Waals surface area (Å²) in [7, 11) is -2.38. The minimum Gasteiger partial charge on any atom is -0.497 e. The standard InChI is InChI=1S/C22H20N2O5S/c1-15(25)16-5-3-7-19(13-16)23-22(26)17-6-4-8-21(14-17)30(27,28)24-18-9-11-20(29-2)12-10-18/h3-14,24H,1-2H3,(H,23,26). The second-order valence-corrected chi connectivity index (χ2v) is 8.14. The number of sulfonamides is 1. The number of methoxy groups -OCH3 is 1. The van der Waals surface area contributed by atoms with Crippen LogP contribution in [0.1, 0.15) is 27.6 Å². The van der Waals surface area contributed by atoms with Gasteiger partial charge in [0.25, 0.3) is 15.9 Å². The zero-order valence-corrected chi connectivity index (χ0v) is 17.2. The van der Waals surface area contributed by atoms with Gasteiger partial charge in [0.2, 0.25) is 0 Å². The molecule has 1 amide bonds. The molecule has 0 aliphatic heterocycles. The lowest BCUT2D eigenvalue weighted by atomic mass is 10.1. The van der Waals surface area contributed by atoms with Crippen LogP contribution in [0.5, 0.6) is 5.75 Å². The molecule has 2 N–H and O–H groups in total. The molecule has 0 saturated carbocycles. The van der Waals surface area contributed by atoms with Crippen molar-refractivity contribution in [3.63, 3.8) is 0 Å².